The minimum absolute atomic E-state index is 0.166. The van der Waals surface area contributed by atoms with E-state index in [0.29, 0.717) is 30.8 Å². The van der Waals surface area contributed by atoms with Crippen molar-refractivity contribution < 1.29 is 13.9 Å². The van der Waals surface area contributed by atoms with E-state index in [1.807, 2.05) is 6.07 Å². The van der Waals surface area contributed by atoms with E-state index < -0.39 is 0 Å². The minimum Gasteiger partial charge on any atom is -0.375 e. The number of rotatable bonds is 4. The monoisotopic (exact) mass is 262 g/mol. The molecule has 0 aliphatic carbocycles. The van der Waals surface area contributed by atoms with Crippen molar-refractivity contribution >= 4 is 5.78 Å². The summed E-state index contributed by atoms with van der Waals surface area (Å²) in [5.41, 5.74) is 0.906. The second kappa shape index (κ2) is 5.41. The van der Waals surface area contributed by atoms with Crippen molar-refractivity contribution in [1.82, 2.24) is 0 Å². The number of carbonyl (C=O) groups excluding carboxylic acids is 1. The number of benzene rings is 1. The lowest BCUT2D eigenvalue weighted by molar-refractivity contribution is -0.128. The van der Waals surface area contributed by atoms with Crippen LogP contribution < -0.4 is 0 Å². The van der Waals surface area contributed by atoms with Crippen LogP contribution in [0.1, 0.15) is 37.7 Å². The molecule has 2 nitrogen and oxygen atoms in total. The second-order valence-electron chi connectivity index (χ2n) is 5.72. The predicted molar refractivity (Wildman–Crippen MR) is 70.3 cm³/mol. The third kappa shape index (κ3) is 3.03. The van der Waals surface area contributed by atoms with E-state index in [1.165, 1.54) is 12.1 Å². The van der Waals surface area contributed by atoms with Gasteiger partial charge in [0.1, 0.15) is 11.6 Å². The first-order valence-corrected chi connectivity index (χ1v) is 7.13. The third-order valence-electron chi connectivity index (χ3n) is 4.29. The number of hydrogen-bond donors (Lipinski definition) is 0. The van der Waals surface area contributed by atoms with Crippen molar-refractivity contribution in [1.29, 1.82) is 0 Å². The summed E-state index contributed by atoms with van der Waals surface area (Å²) in [7, 11) is 0. The largest absolute Gasteiger partial charge is 0.375 e. The van der Waals surface area contributed by atoms with Crippen molar-refractivity contribution in [3.63, 3.8) is 0 Å². The fourth-order valence-electron chi connectivity index (χ4n) is 3.28. The quantitative estimate of drug-likeness (QED) is 0.832. The van der Waals surface area contributed by atoms with Crippen LogP contribution in [-0.2, 0) is 16.0 Å². The molecule has 2 fully saturated rings. The number of hydrogen-bond acceptors (Lipinski definition) is 2. The molecular weight excluding hydrogens is 243 g/mol. The minimum atomic E-state index is -0.228. The first-order chi connectivity index (χ1) is 9.20. The number of ether oxygens (including phenoxy) is 1. The summed E-state index contributed by atoms with van der Waals surface area (Å²) >= 11 is 0. The SMILES string of the molecule is O=C(CCc1cccc(F)c1)C1CC2CCC(C1)O2. The Morgan fingerprint density at radius 2 is 2.00 bits per heavy atom. The van der Waals surface area contributed by atoms with Crippen molar-refractivity contribution in [2.75, 3.05) is 0 Å². The average Bonchev–Trinajstić information content (AvgIpc) is 2.75. The van der Waals surface area contributed by atoms with Crippen molar-refractivity contribution in [3.8, 4) is 0 Å². The van der Waals surface area contributed by atoms with Crippen LogP contribution in [0.25, 0.3) is 0 Å². The molecule has 2 unspecified atom stereocenters. The number of aryl methyl sites for hydroxylation is 1. The van der Waals surface area contributed by atoms with Crippen LogP contribution >= 0.6 is 0 Å². The number of carbonyl (C=O) groups is 1. The molecule has 1 aromatic carbocycles. The molecule has 2 bridgehead atoms. The maximum atomic E-state index is 13.1. The second-order valence-corrected chi connectivity index (χ2v) is 5.72. The molecular formula is C16H19FO2. The van der Waals surface area contributed by atoms with Crippen LogP contribution in [0.4, 0.5) is 4.39 Å². The van der Waals surface area contributed by atoms with E-state index >= 15 is 0 Å². The zero-order valence-corrected chi connectivity index (χ0v) is 11.0. The molecule has 2 aliphatic rings. The van der Waals surface area contributed by atoms with Crippen molar-refractivity contribution in [2.24, 2.45) is 5.92 Å². The zero-order chi connectivity index (χ0) is 13.2. The van der Waals surface area contributed by atoms with E-state index in [4.69, 9.17) is 4.74 Å². The Morgan fingerprint density at radius 1 is 1.26 bits per heavy atom. The Morgan fingerprint density at radius 3 is 2.68 bits per heavy atom. The van der Waals surface area contributed by atoms with Gasteiger partial charge < -0.3 is 4.74 Å². The van der Waals surface area contributed by atoms with E-state index in [9.17, 15) is 9.18 Å². The van der Waals surface area contributed by atoms with Gasteiger partial charge in [-0.25, -0.2) is 4.39 Å². The molecule has 2 heterocycles. The molecule has 0 saturated carbocycles. The highest BCUT2D eigenvalue weighted by atomic mass is 19.1. The summed E-state index contributed by atoms with van der Waals surface area (Å²) in [5.74, 6) is 0.262. The van der Waals surface area contributed by atoms with Gasteiger partial charge in [0.2, 0.25) is 0 Å². The molecule has 19 heavy (non-hydrogen) atoms. The third-order valence-corrected chi connectivity index (χ3v) is 4.29. The molecule has 0 aromatic heterocycles. The van der Waals surface area contributed by atoms with Crippen molar-refractivity contribution in [3.05, 3.63) is 35.6 Å². The Bertz CT molecular complexity index is 460. The fourth-order valence-corrected chi connectivity index (χ4v) is 3.28. The molecule has 2 atom stereocenters. The Kier molecular flexibility index (Phi) is 3.65. The average molecular weight is 262 g/mol. The Hall–Kier alpha value is -1.22. The van der Waals surface area contributed by atoms with Gasteiger partial charge in [-0.05, 0) is 49.8 Å². The van der Waals surface area contributed by atoms with Gasteiger partial charge in [-0.3, -0.25) is 4.79 Å². The summed E-state index contributed by atoms with van der Waals surface area (Å²) in [5, 5.41) is 0. The van der Waals surface area contributed by atoms with Crippen LogP contribution in [0.3, 0.4) is 0 Å². The van der Waals surface area contributed by atoms with Gasteiger partial charge in [0.05, 0.1) is 12.2 Å². The number of fused-ring (bicyclic) bond motifs is 2. The van der Waals surface area contributed by atoms with Gasteiger partial charge in [0, 0.05) is 12.3 Å². The van der Waals surface area contributed by atoms with Crippen molar-refractivity contribution in [2.45, 2.75) is 50.7 Å². The maximum Gasteiger partial charge on any atom is 0.136 e. The van der Waals surface area contributed by atoms with E-state index in [2.05, 4.69) is 0 Å². The van der Waals surface area contributed by atoms with Crippen LogP contribution in [-0.4, -0.2) is 18.0 Å². The molecule has 3 rings (SSSR count). The van der Waals surface area contributed by atoms with Crippen LogP contribution in [0.15, 0.2) is 24.3 Å². The first kappa shape index (κ1) is 12.8. The van der Waals surface area contributed by atoms with Crippen LogP contribution in [0.5, 0.6) is 0 Å². The highest BCUT2D eigenvalue weighted by Crippen LogP contribution is 2.36. The number of Topliss-reactive ketones (excluding diaryl/α,β-unsaturated/α-hetero) is 1. The maximum absolute atomic E-state index is 13.1. The Labute approximate surface area is 113 Å². The van der Waals surface area contributed by atoms with Crippen LogP contribution in [0, 0.1) is 11.7 Å². The molecule has 3 heteroatoms. The van der Waals surface area contributed by atoms with Gasteiger partial charge in [-0.1, -0.05) is 12.1 Å². The van der Waals surface area contributed by atoms with Gasteiger partial charge in [0.15, 0.2) is 0 Å². The van der Waals surface area contributed by atoms with E-state index in [1.54, 1.807) is 6.07 Å². The smallest absolute Gasteiger partial charge is 0.136 e. The van der Waals surface area contributed by atoms with Gasteiger partial charge in [-0.2, -0.15) is 0 Å². The standard InChI is InChI=1S/C16H19FO2/c17-13-3-1-2-11(8-13)4-7-16(18)12-9-14-5-6-15(10-12)19-14/h1-3,8,12,14-15H,4-7,9-10H2. The highest BCUT2D eigenvalue weighted by Gasteiger charge is 2.37. The fraction of sp³-hybridized carbons (Fsp3) is 0.562. The molecule has 0 radical (unpaired) electrons. The summed E-state index contributed by atoms with van der Waals surface area (Å²) in [6, 6.07) is 6.52. The lowest BCUT2D eigenvalue weighted by Crippen LogP contribution is -2.30. The predicted octanol–water partition coefficient (Wildman–Crippen LogP) is 3.29. The molecule has 102 valence electrons. The highest BCUT2D eigenvalue weighted by molar-refractivity contribution is 5.81. The van der Waals surface area contributed by atoms with Gasteiger partial charge in [-0.15, -0.1) is 0 Å². The zero-order valence-electron chi connectivity index (χ0n) is 11.0. The summed E-state index contributed by atoms with van der Waals surface area (Å²) < 4.78 is 18.8. The number of halogens is 1. The topological polar surface area (TPSA) is 26.3 Å². The molecule has 0 amide bonds. The molecule has 2 saturated heterocycles. The first-order valence-electron chi connectivity index (χ1n) is 7.13. The normalized spacial score (nSPS) is 29.4. The number of ketones is 1. The van der Waals surface area contributed by atoms with E-state index in [0.717, 1.165) is 31.2 Å². The van der Waals surface area contributed by atoms with Gasteiger partial charge in [0.25, 0.3) is 0 Å². The molecule has 1 aromatic rings. The lowest BCUT2D eigenvalue weighted by Gasteiger charge is -2.27. The summed E-state index contributed by atoms with van der Waals surface area (Å²) in [6.07, 6.45) is 5.77. The molecule has 0 spiro atoms. The lowest BCUT2D eigenvalue weighted by atomic mass is 9.88. The molecule has 0 N–H and O–H groups in total. The van der Waals surface area contributed by atoms with Gasteiger partial charge >= 0.3 is 0 Å². The van der Waals surface area contributed by atoms with Crippen LogP contribution in [0.2, 0.25) is 0 Å². The molecule has 2 aliphatic heterocycles. The Balaban J connectivity index is 1.54. The summed E-state index contributed by atoms with van der Waals surface area (Å²) in [6.45, 7) is 0. The summed E-state index contributed by atoms with van der Waals surface area (Å²) in [4.78, 5) is 12.2. The van der Waals surface area contributed by atoms with E-state index in [-0.39, 0.29) is 11.7 Å².